The number of benzene rings is 2. The quantitative estimate of drug-likeness (QED) is 0.618. The molecule has 0 aliphatic carbocycles. The fourth-order valence-corrected chi connectivity index (χ4v) is 2.95. The highest BCUT2D eigenvalue weighted by molar-refractivity contribution is 8.15. The Morgan fingerprint density at radius 2 is 1.79 bits per heavy atom. The van der Waals surface area contributed by atoms with Crippen molar-refractivity contribution in [2.75, 3.05) is 17.3 Å². The highest BCUT2D eigenvalue weighted by Crippen LogP contribution is 2.26. The molecule has 0 atom stereocenters. The van der Waals surface area contributed by atoms with Gasteiger partial charge < -0.3 is 4.74 Å². The fraction of sp³-hybridized carbons (Fsp3) is 0.167. The summed E-state index contributed by atoms with van der Waals surface area (Å²) in [4.78, 5) is 13.7. The lowest BCUT2D eigenvalue weighted by atomic mass is 10.3. The van der Waals surface area contributed by atoms with Crippen molar-refractivity contribution in [1.29, 1.82) is 0 Å². The maximum Gasteiger partial charge on any atom is 0.243 e. The van der Waals surface area contributed by atoms with Crippen LogP contribution in [0, 0.1) is 0 Å². The first-order valence-corrected chi connectivity index (χ1v) is 8.52. The number of ether oxygens (including phenoxy) is 1. The first kappa shape index (κ1) is 16.3. The predicted octanol–water partition coefficient (Wildman–Crippen LogP) is 3.58. The minimum atomic E-state index is 0.0124. The number of amidine groups is 1. The number of amides is 1. The summed E-state index contributed by atoms with van der Waals surface area (Å²) in [5.41, 5.74) is 1.54. The van der Waals surface area contributed by atoms with Gasteiger partial charge in [0.1, 0.15) is 12.4 Å². The monoisotopic (exact) mass is 339 g/mol. The molecule has 2 aromatic rings. The summed E-state index contributed by atoms with van der Waals surface area (Å²) < 4.78 is 5.63. The van der Waals surface area contributed by atoms with Gasteiger partial charge >= 0.3 is 0 Å². The van der Waals surface area contributed by atoms with E-state index in [1.54, 1.807) is 4.90 Å². The van der Waals surface area contributed by atoms with E-state index in [1.165, 1.54) is 11.8 Å². The molecule has 1 aliphatic heterocycles. The number of carbonyl (C=O) groups is 1. The van der Waals surface area contributed by atoms with E-state index < -0.39 is 0 Å². The van der Waals surface area contributed by atoms with E-state index in [4.69, 9.17) is 4.74 Å². The molecule has 122 valence electrons. The number of rotatable bonds is 5. The number of anilines is 1. The Morgan fingerprint density at radius 3 is 2.50 bits per heavy atom. The minimum Gasteiger partial charge on any atom is -0.488 e. The second-order valence-corrected chi connectivity index (χ2v) is 6.12. The van der Waals surface area contributed by atoms with Crippen LogP contribution in [0.5, 0.6) is 5.75 Å². The number of para-hydroxylation sites is 2. The zero-order valence-electron chi connectivity index (χ0n) is 13.3. The molecular formula is C18H17N3O2S. The molecule has 1 saturated heterocycles. The molecular weight excluding hydrogens is 322 g/mol. The third-order valence-corrected chi connectivity index (χ3v) is 4.19. The van der Waals surface area contributed by atoms with Crippen LogP contribution in [0.3, 0.4) is 0 Å². The number of carbonyl (C=O) groups excluding carboxylic acids is 1. The van der Waals surface area contributed by atoms with Gasteiger partial charge in [0.25, 0.3) is 0 Å². The zero-order chi connectivity index (χ0) is 16.8. The molecule has 0 radical (unpaired) electrons. The third kappa shape index (κ3) is 4.02. The average Bonchev–Trinajstić information content (AvgIpc) is 3.00. The lowest BCUT2D eigenvalue weighted by Crippen LogP contribution is -2.29. The van der Waals surface area contributed by atoms with Gasteiger partial charge in [0.15, 0.2) is 5.17 Å². The molecule has 1 aliphatic rings. The second-order valence-electron chi connectivity index (χ2n) is 5.17. The van der Waals surface area contributed by atoms with Crippen molar-refractivity contribution in [3.63, 3.8) is 0 Å². The molecule has 24 heavy (non-hydrogen) atoms. The summed E-state index contributed by atoms with van der Waals surface area (Å²) in [5, 5.41) is 9.02. The smallest absolute Gasteiger partial charge is 0.243 e. The largest absolute Gasteiger partial charge is 0.488 e. The Labute approximate surface area is 145 Å². The van der Waals surface area contributed by atoms with E-state index in [0.29, 0.717) is 17.5 Å². The molecule has 0 N–H and O–H groups in total. The third-order valence-electron chi connectivity index (χ3n) is 3.28. The summed E-state index contributed by atoms with van der Waals surface area (Å²) in [7, 11) is 0. The van der Waals surface area contributed by atoms with E-state index in [-0.39, 0.29) is 5.91 Å². The van der Waals surface area contributed by atoms with Crippen LogP contribution in [-0.2, 0) is 4.79 Å². The number of hydrogen-bond donors (Lipinski definition) is 0. The summed E-state index contributed by atoms with van der Waals surface area (Å²) >= 11 is 1.39. The molecule has 0 bridgehead atoms. The van der Waals surface area contributed by atoms with E-state index in [0.717, 1.165) is 17.1 Å². The van der Waals surface area contributed by atoms with Gasteiger partial charge in [-0.15, -0.1) is 5.10 Å². The second kappa shape index (κ2) is 7.79. The number of nitrogens with zero attached hydrogens (tertiary/aromatic N) is 3. The lowest BCUT2D eigenvalue weighted by Gasteiger charge is -2.14. The topological polar surface area (TPSA) is 54.3 Å². The first-order chi connectivity index (χ1) is 11.7. The van der Waals surface area contributed by atoms with Crippen LogP contribution in [0.4, 0.5) is 5.69 Å². The van der Waals surface area contributed by atoms with Crippen LogP contribution < -0.4 is 9.64 Å². The fourth-order valence-electron chi connectivity index (χ4n) is 2.13. The SMILES string of the molecule is C/C(COc1ccccc1)=N\N=C1\SCC(=O)N1c1ccccc1. The Hall–Kier alpha value is -2.60. The summed E-state index contributed by atoms with van der Waals surface area (Å²) in [6.07, 6.45) is 0. The number of thioether (sulfide) groups is 1. The lowest BCUT2D eigenvalue weighted by molar-refractivity contribution is -0.115. The Bertz CT molecular complexity index is 760. The van der Waals surface area contributed by atoms with Gasteiger partial charge in [0.05, 0.1) is 17.2 Å². The molecule has 0 aromatic heterocycles. The summed E-state index contributed by atoms with van der Waals surface area (Å²) in [6.45, 7) is 2.20. The van der Waals surface area contributed by atoms with Crippen LogP contribution in [0.15, 0.2) is 70.9 Å². The van der Waals surface area contributed by atoms with Crippen LogP contribution >= 0.6 is 11.8 Å². The van der Waals surface area contributed by atoms with E-state index >= 15 is 0 Å². The summed E-state index contributed by atoms with van der Waals surface area (Å²) in [5.74, 6) is 1.18. The van der Waals surface area contributed by atoms with Crippen LogP contribution in [-0.4, -0.2) is 29.1 Å². The van der Waals surface area contributed by atoms with Crippen molar-refractivity contribution >= 4 is 34.2 Å². The van der Waals surface area contributed by atoms with Crippen molar-refractivity contribution in [1.82, 2.24) is 0 Å². The standard InChI is InChI=1S/C18H17N3O2S/c1-14(12-23-16-10-6-3-7-11-16)19-20-18-21(17(22)13-24-18)15-8-4-2-5-9-15/h2-11H,12-13H2,1H3/b19-14+,20-18+. The molecule has 1 heterocycles. The molecule has 0 spiro atoms. The van der Waals surface area contributed by atoms with Crippen LogP contribution in [0.2, 0.25) is 0 Å². The van der Waals surface area contributed by atoms with Crippen molar-refractivity contribution in [2.45, 2.75) is 6.92 Å². The molecule has 0 saturated carbocycles. The Kier molecular flexibility index (Phi) is 5.28. The van der Waals surface area contributed by atoms with Gasteiger partial charge in [0.2, 0.25) is 5.91 Å². The minimum absolute atomic E-state index is 0.0124. The van der Waals surface area contributed by atoms with E-state index in [1.807, 2.05) is 67.6 Å². The van der Waals surface area contributed by atoms with Crippen LogP contribution in [0.1, 0.15) is 6.92 Å². The Balaban J connectivity index is 1.69. The maximum absolute atomic E-state index is 12.1. The van der Waals surface area contributed by atoms with Crippen molar-refractivity contribution in [3.05, 3.63) is 60.7 Å². The highest BCUT2D eigenvalue weighted by Gasteiger charge is 2.29. The first-order valence-electron chi connectivity index (χ1n) is 7.54. The zero-order valence-corrected chi connectivity index (χ0v) is 14.1. The maximum atomic E-state index is 12.1. The molecule has 0 unspecified atom stereocenters. The molecule has 2 aromatic carbocycles. The van der Waals surface area contributed by atoms with Gasteiger partial charge in [-0.25, -0.2) is 0 Å². The normalized spacial score (nSPS) is 16.7. The van der Waals surface area contributed by atoms with Gasteiger partial charge in [-0.1, -0.05) is 48.2 Å². The summed E-state index contributed by atoms with van der Waals surface area (Å²) in [6, 6.07) is 19.0. The van der Waals surface area contributed by atoms with Gasteiger partial charge in [0, 0.05) is 0 Å². The highest BCUT2D eigenvalue weighted by atomic mass is 32.2. The molecule has 1 amide bonds. The van der Waals surface area contributed by atoms with Gasteiger partial charge in [-0.05, 0) is 31.2 Å². The Morgan fingerprint density at radius 1 is 1.12 bits per heavy atom. The van der Waals surface area contributed by atoms with Crippen LogP contribution in [0.25, 0.3) is 0 Å². The van der Waals surface area contributed by atoms with Gasteiger partial charge in [-0.2, -0.15) is 5.10 Å². The molecule has 3 rings (SSSR count). The van der Waals surface area contributed by atoms with Gasteiger partial charge in [-0.3, -0.25) is 9.69 Å². The molecule has 1 fully saturated rings. The van der Waals surface area contributed by atoms with Crippen molar-refractivity contribution in [3.8, 4) is 5.75 Å². The molecule has 5 nitrogen and oxygen atoms in total. The number of hydrogen-bond acceptors (Lipinski definition) is 5. The van der Waals surface area contributed by atoms with E-state index in [2.05, 4.69) is 10.2 Å². The predicted molar refractivity (Wildman–Crippen MR) is 98.9 cm³/mol. The van der Waals surface area contributed by atoms with Crippen molar-refractivity contribution < 1.29 is 9.53 Å². The average molecular weight is 339 g/mol. The van der Waals surface area contributed by atoms with E-state index in [9.17, 15) is 4.79 Å². The van der Waals surface area contributed by atoms with Crippen molar-refractivity contribution in [2.24, 2.45) is 10.2 Å². The molecule has 6 heteroatoms.